The molecule has 18 heavy (non-hydrogen) atoms. The maximum atomic E-state index is 5.89. The van der Waals surface area contributed by atoms with E-state index in [2.05, 4.69) is 10.3 Å². The van der Waals surface area contributed by atoms with Crippen LogP contribution in [0.2, 0.25) is 5.02 Å². The van der Waals surface area contributed by atoms with Crippen molar-refractivity contribution in [2.45, 2.75) is 6.92 Å². The summed E-state index contributed by atoms with van der Waals surface area (Å²) in [5.74, 6) is 0.786. The number of hydrogen-bond acceptors (Lipinski definition) is 3. The fourth-order valence-electron chi connectivity index (χ4n) is 1.50. The molecule has 0 saturated carbocycles. The van der Waals surface area contributed by atoms with Crippen LogP contribution in [0.3, 0.4) is 0 Å². The van der Waals surface area contributed by atoms with Crippen LogP contribution in [0.25, 0.3) is 0 Å². The monoisotopic (exact) mass is 262 g/mol. The van der Waals surface area contributed by atoms with Crippen molar-refractivity contribution < 1.29 is 4.74 Å². The Morgan fingerprint density at radius 3 is 2.89 bits per heavy atom. The van der Waals surface area contributed by atoms with E-state index < -0.39 is 0 Å². The topological polar surface area (TPSA) is 34.1 Å². The summed E-state index contributed by atoms with van der Waals surface area (Å²) in [6.07, 6.45) is 1.73. The molecule has 3 nitrogen and oxygen atoms in total. The summed E-state index contributed by atoms with van der Waals surface area (Å²) >= 11 is 5.89. The van der Waals surface area contributed by atoms with Crippen LogP contribution in [0, 0.1) is 6.92 Å². The van der Waals surface area contributed by atoms with Crippen LogP contribution >= 0.6 is 11.6 Å². The molecule has 0 bridgehead atoms. The molecule has 2 aromatic rings. The number of hydrogen-bond donors (Lipinski definition) is 1. The Labute approximate surface area is 112 Å². The normalized spacial score (nSPS) is 10.1. The first-order valence-electron chi connectivity index (χ1n) is 5.79. The van der Waals surface area contributed by atoms with Gasteiger partial charge < -0.3 is 10.1 Å². The maximum Gasteiger partial charge on any atom is 0.137 e. The molecule has 1 aromatic carbocycles. The van der Waals surface area contributed by atoms with E-state index in [1.54, 1.807) is 6.20 Å². The Kier molecular flexibility index (Phi) is 4.42. The number of pyridine rings is 1. The second-order valence-electron chi connectivity index (χ2n) is 3.92. The fourth-order valence-corrected chi connectivity index (χ4v) is 1.69. The minimum atomic E-state index is 0.581. The van der Waals surface area contributed by atoms with Gasteiger partial charge in [0.25, 0.3) is 0 Å². The summed E-state index contributed by atoms with van der Waals surface area (Å²) in [7, 11) is 0. The predicted molar refractivity (Wildman–Crippen MR) is 74.4 cm³/mol. The second-order valence-corrected chi connectivity index (χ2v) is 4.36. The molecule has 0 spiro atoms. The third-order valence-corrected chi connectivity index (χ3v) is 2.64. The van der Waals surface area contributed by atoms with Crippen LogP contribution in [-0.2, 0) is 0 Å². The Balaban J connectivity index is 1.74. The lowest BCUT2D eigenvalue weighted by atomic mass is 10.3. The average Bonchev–Trinajstić information content (AvgIpc) is 2.37. The van der Waals surface area contributed by atoms with Crippen molar-refractivity contribution in [3.8, 4) is 5.75 Å². The molecule has 1 N–H and O–H groups in total. The van der Waals surface area contributed by atoms with E-state index in [9.17, 15) is 0 Å². The smallest absolute Gasteiger partial charge is 0.137 e. The molecular formula is C14H15ClN2O. The molecule has 0 unspecified atom stereocenters. The van der Waals surface area contributed by atoms with E-state index in [0.29, 0.717) is 13.2 Å². The van der Waals surface area contributed by atoms with Crippen molar-refractivity contribution in [1.29, 1.82) is 0 Å². The maximum absolute atomic E-state index is 5.89. The number of nitrogens with one attached hydrogen (secondary N) is 1. The number of nitrogens with zero attached hydrogens (tertiary/aromatic N) is 1. The number of ether oxygens (including phenoxy) is 1. The van der Waals surface area contributed by atoms with Gasteiger partial charge in [0.2, 0.25) is 0 Å². The summed E-state index contributed by atoms with van der Waals surface area (Å²) in [5, 5.41) is 3.96. The average molecular weight is 263 g/mol. The third-order valence-electron chi connectivity index (χ3n) is 2.41. The van der Waals surface area contributed by atoms with E-state index in [-0.39, 0.29) is 0 Å². The van der Waals surface area contributed by atoms with Gasteiger partial charge in [-0.05, 0) is 37.3 Å². The lowest BCUT2D eigenvalue weighted by molar-refractivity contribution is 0.331. The third kappa shape index (κ3) is 3.93. The number of aromatic nitrogens is 1. The first-order chi connectivity index (χ1) is 8.74. The van der Waals surface area contributed by atoms with Crippen LogP contribution in [0.4, 0.5) is 5.69 Å². The minimum absolute atomic E-state index is 0.581. The summed E-state index contributed by atoms with van der Waals surface area (Å²) in [6, 6.07) is 11.5. The molecule has 94 valence electrons. The van der Waals surface area contributed by atoms with E-state index in [1.807, 2.05) is 43.3 Å². The lowest BCUT2D eigenvalue weighted by Gasteiger charge is -2.08. The standard InChI is InChI=1S/C14H15ClN2O/c1-11-5-6-14(10-17-11)18-8-7-16-13-4-2-3-12(15)9-13/h2-6,9-10,16H,7-8H2,1H3. The molecule has 2 rings (SSSR count). The van der Waals surface area contributed by atoms with Gasteiger partial charge in [-0.15, -0.1) is 0 Å². The van der Waals surface area contributed by atoms with Crippen LogP contribution < -0.4 is 10.1 Å². The highest BCUT2D eigenvalue weighted by Crippen LogP contribution is 2.14. The Morgan fingerprint density at radius 1 is 1.28 bits per heavy atom. The molecule has 0 aliphatic rings. The van der Waals surface area contributed by atoms with Crippen molar-refractivity contribution in [3.05, 3.63) is 53.3 Å². The predicted octanol–water partition coefficient (Wildman–Crippen LogP) is 3.53. The molecule has 0 aliphatic heterocycles. The van der Waals surface area contributed by atoms with E-state index in [4.69, 9.17) is 16.3 Å². The first kappa shape index (κ1) is 12.7. The van der Waals surface area contributed by atoms with Crippen molar-refractivity contribution in [2.75, 3.05) is 18.5 Å². The molecule has 0 fully saturated rings. The number of rotatable bonds is 5. The highest BCUT2D eigenvalue weighted by Gasteiger charge is 1.95. The molecule has 0 saturated heterocycles. The molecule has 0 atom stereocenters. The highest BCUT2D eigenvalue weighted by molar-refractivity contribution is 6.30. The minimum Gasteiger partial charge on any atom is -0.490 e. The summed E-state index contributed by atoms with van der Waals surface area (Å²) in [6.45, 7) is 3.25. The van der Waals surface area contributed by atoms with E-state index in [0.717, 1.165) is 22.2 Å². The largest absolute Gasteiger partial charge is 0.490 e. The van der Waals surface area contributed by atoms with Crippen molar-refractivity contribution >= 4 is 17.3 Å². The molecule has 1 aromatic heterocycles. The second kappa shape index (κ2) is 6.26. The van der Waals surface area contributed by atoms with Crippen LogP contribution in [-0.4, -0.2) is 18.1 Å². The van der Waals surface area contributed by atoms with Gasteiger partial charge in [0, 0.05) is 22.9 Å². The van der Waals surface area contributed by atoms with Gasteiger partial charge in [0.05, 0.1) is 6.20 Å². The quantitative estimate of drug-likeness (QED) is 0.837. The molecule has 0 amide bonds. The van der Waals surface area contributed by atoms with Gasteiger partial charge >= 0.3 is 0 Å². The van der Waals surface area contributed by atoms with Gasteiger partial charge in [-0.2, -0.15) is 0 Å². The SMILES string of the molecule is Cc1ccc(OCCNc2cccc(Cl)c2)cn1. The van der Waals surface area contributed by atoms with Gasteiger partial charge in [-0.3, -0.25) is 4.98 Å². The van der Waals surface area contributed by atoms with Crippen LogP contribution in [0.15, 0.2) is 42.6 Å². The molecule has 1 heterocycles. The Hall–Kier alpha value is -1.74. The Bertz CT molecular complexity index is 499. The summed E-state index contributed by atoms with van der Waals surface area (Å²) in [4.78, 5) is 4.16. The summed E-state index contributed by atoms with van der Waals surface area (Å²) in [5.41, 5.74) is 1.98. The zero-order valence-corrected chi connectivity index (χ0v) is 10.9. The summed E-state index contributed by atoms with van der Waals surface area (Å²) < 4.78 is 5.55. The van der Waals surface area contributed by atoms with Crippen LogP contribution in [0.1, 0.15) is 5.69 Å². The van der Waals surface area contributed by atoms with Crippen molar-refractivity contribution in [1.82, 2.24) is 4.98 Å². The van der Waals surface area contributed by atoms with Crippen molar-refractivity contribution in [3.63, 3.8) is 0 Å². The molecular weight excluding hydrogens is 248 g/mol. The van der Waals surface area contributed by atoms with Gasteiger partial charge in [-0.1, -0.05) is 17.7 Å². The van der Waals surface area contributed by atoms with Gasteiger partial charge in [0.1, 0.15) is 12.4 Å². The van der Waals surface area contributed by atoms with Gasteiger partial charge in [0.15, 0.2) is 0 Å². The molecule has 0 radical (unpaired) electrons. The molecule has 0 aliphatic carbocycles. The zero-order valence-electron chi connectivity index (χ0n) is 10.2. The number of halogens is 1. The lowest BCUT2D eigenvalue weighted by Crippen LogP contribution is -2.11. The Morgan fingerprint density at radius 2 is 2.17 bits per heavy atom. The molecule has 4 heteroatoms. The van der Waals surface area contributed by atoms with Crippen molar-refractivity contribution in [2.24, 2.45) is 0 Å². The van der Waals surface area contributed by atoms with E-state index >= 15 is 0 Å². The van der Waals surface area contributed by atoms with Gasteiger partial charge in [-0.25, -0.2) is 0 Å². The van der Waals surface area contributed by atoms with E-state index in [1.165, 1.54) is 0 Å². The fraction of sp³-hybridized carbons (Fsp3) is 0.214. The number of benzene rings is 1. The number of aryl methyl sites for hydroxylation is 1. The highest BCUT2D eigenvalue weighted by atomic mass is 35.5. The number of anilines is 1. The van der Waals surface area contributed by atoms with Crippen LogP contribution in [0.5, 0.6) is 5.75 Å². The zero-order chi connectivity index (χ0) is 12.8. The first-order valence-corrected chi connectivity index (χ1v) is 6.17.